The lowest BCUT2D eigenvalue weighted by Gasteiger charge is -2.13. The number of aromatic nitrogens is 3. The minimum atomic E-state index is -0.527. The molecule has 0 aliphatic rings. The lowest BCUT2D eigenvalue weighted by atomic mass is 10.2. The summed E-state index contributed by atoms with van der Waals surface area (Å²) in [4.78, 5) is 22.5. The first-order valence-electron chi connectivity index (χ1n) is 9.98. The summed E-state index contributed by atoms with van der Waals surface area (Å²) in [6.07, 6.45) is 0.439. The Morgan fingerprint density at radius 3 is 2.39 bits per heavy atom. The van der Waals surface area contributed by atoms with Crippen LogP contribution in [-0.2, 0) is 4.74 Å². The average Bonchev–Trinajstić information content (AvgIpc) is 3.07. The Hall–Kier alpha value is -3.81. The molecule has 1 atom stereocenters. The van der Waals surface area contributed by atoms with Crippen LogP contribution in [0.2, 0.25) is 0 Å². The molecule has 0 spiro atoms. The van der Waals surface area contributed by atoms with Gasteiger partial charge in [-0.3, -0.25) is 4.57 Å². The molecule has 2 N–H and O–H groups in total. The number of nitrogen functional groups attached to an aromatic ring is 1. The van der Waals surface area contributed by atoms with Gasteiger partial charge in [-0.2, -0.15) is 0 Å². The highest BCUT2D eigenvalue weighted by Gasteiger charge is 2.27. The van der Waals surface area contributed by atoms with Crippen LogP contribution in [0.1, 0.15) is 30.6 Å². The lowest BCUT2D eigenvalue weighted by Crippen LogP contribution is -2.15. The number of para-hydroxylation sites is 2. The maximum Gasteiger partial charge on any atom is 0.344 e. The normalized spacial score (nSPS) is 12.1. The summed E-state index contributed by atoms with van der Waals surface area (Å²) in [5.74, 6) is 0.777. The second kappa shape index (κ2) is 8.14. The highest BCUT2D eigenvalue weighted by molar-refractivity contribution is 6.09. The Morgan fingerprint density at radius 1 is 1.06 bits per heavy atom. The van der Waals surface area contributed by atoms with Crippen molar-refractivity contribution in [3.8, 4) is 17.2 Å². The smallest absolute Gasteiger partial charge is 0.344 e. The summed E-state index contributed by atoms with van der Waals surface area (Å²) >= 11 is 0. The molecule has 0 radical (unpaired) electrons. The number of esters is 1. The van der Waals surface area contributed by atoms with Crippen molar-refractivity contribution in [1.29, 1.82) is 0 Å². The summed E-state index contributed by atoms with van der Waals surface area (Å²) in [5.41, 5.74) is 9.56. The molecule has 2 aromatic carbocycles. The maximum atomic E-state index is 13.0. The molecule has 31 heavy (non-hydrogen) atoms. The maximum absolute atomic E-state index is 13.0. The first-order chi connectivity index (χ1) is 15.0. The van der Waals surface area contributed by atoms with Gasteiger partial charge >= 0.3 is 5.97 Å². The van der Waals surface area contributed by atoms with Crippen molar-refractivity contribution < 1.29 is 19.0 Å². The van der Waals surface area contributed by atoms with Gasteiger partial charge < -0.3 is 19.9 Å². The average molecular weight is 420 g/mol. The van der Waals surface area contributed by atoms with Crippen molar-refractivity contribution >= 4 is 34.0 Å². The van der Waals surface area contributed by atoms with Gasteiger partial charge in [-0.05, 0) is 37.6 Å². The van der Waals surface area contributed by atoms with E-state index in [-0.39, 0.29) is 17.5 Å². The summed E-state index contributed by atoms with van der Waals surface area (Å²) in [6, 6.07) is 12.8. The first kappa shape index (κ1) is 20.5. The van der Waals surface area contributed by atoms with Gasteiger partial charge in [-0.25, -0.2) is 14.8 Å². The third-order valence-corrected chi connectivity index (χ3v) is 5.21. The molecule has 0 bridgehead atoms. The third-order valence-electron chi connectivity index (χ3n) is 5.21. The van der Waals surface area contributed by atoms with Gasteiger partial charge in [-0.1, -0.05) is 19.1 Å². The fraction of sp³-hybridized carbons (Fsp3) is 0.261. The molecular weight excluding hydrogens is 396 g/mol. The third kappa shape index (κ3) is 3.50. The van der Waals surface area contributed by atoms with Crippen molar-refractivity contribution in [2.24, 2.45) is 0 Å². The number of benzene rings is 2. The van der Waals surface area contributed by atoms with Crippen LogP contribution in [0.5, 0.6) is 11.5 Å². The van der Waals surface area contributed by atoms with E-state index < -0.39 is 5.97 Å². The molecule has 0 saturated carbocycles. The quantitative estimate of drug-likeness (QED) is 0.468. The molecule has 0 amide bonds. The molecule has 8 heteroatoms. The second-order valence-electron chi connectivity index (χ2n) is 7.14. The van der Waals surface area contributed by atoms with E-state index in [0.717, 1.165) is 0 Å². The van der Waals surface area contributed by atoms with Crippen LogP contribution in [0.4, 0.5) is 5.82 Å². The second-order valence-corrected chi connectivity index (χ2v) is 7.14. The van der Waals surface area contributed by atoms with E-state index in [9.17, 15) is 4.79 Å². The molecule has 0 fully saturated rings. The summed E-state index contributed by atoms with van der Waals surface area (Å²) in [6.45, 7) is 3.78. The van der Waals surface area contributed by atoms with Gasteiger partial charge in [0.1, 0.15) is 16.9 Å². The van der Waals surface area contributed by atoms with Crippen molar-refractivity contribution in [2.45, 2.75) is 26.4 Å². The number of carbonyl (C=O) groups is 1. The molecule has 4 aromatic rings. The zero-order valence-electron chi connectivity index (χ0n) is 17.9. The van der Waals surface area contributed by atoms with Gasteiger partial charge in [0, 0.05) is 6.07 Å². The number of anilines is 1. The molecule has 8 nitrogen and oxygen atoms in total. The molecule has 0 saturated heterocycles. The number of fused-ring (bicyclic) bond motifs is 2. The van der Waals surface area contributed by atoms with Crippen LogP contribution < -0.4 is 15.2 Å². The van der Waals surface area contributed by atoms with Gasteiger partial charge in [0.15, 0.2) is 17.1 Å². The zero-order valence-corrected chi connectivity index (χ0v) is 17.9. The molecule has 0 aliphatic heterocycles. The molecule has 2 heterocycles. The van der Waals surface area contributed by atoms with Gasteiger partial charge in [0.05, 0.1) is 37.0 Å². The summed E-state index contributed by atoms with van der Waals surface area (Å²) in [5, 5.41) is 0. The first-order valence-corrected chi connectivity index (χ1v) is 9.98. The molecule has 4 rings (SSSR count). The highest BCUT2D eigenvalue weighted by atomic mass is 16.5. The topological polar surface area (TPSA) is 101 Å². The van der Waals surface area contributed by atoms with Crippen LogP contribution in [0, 0.1) is 0 Å². The molecule has 160 valence electrons. The van der Waals surface area contributed by atoms with E-state index in [4.69, 9.17) is 29.9 Å². The molecule has 0 aliphatic carbocycles. The highest BCUT2D eigenvalue weighted by Crippen LogP contribution is 2.35. The SMILES string of the molecule is CC[C@@H](C)OC(=O)c1c(N)n(-c2ccc(OC)c(OC)c2)c2nc3ccccc3nc12. The number of hydrogen-bond acceptors (Lipinski definition) is 7. The number of carbonyl (C=O) groups excluding carboxylic acids is 1. The number of rotatable bonds is 6. The van der Waals surface area contributed by atoms with Crippen molar-refractivity contribution in [1.82, 2.24) is 14.5 Å². The number of hydrogen-bond donors (Lipinski definition) is 1. The molecule has 0 unspecified atom stereocenters. The summed E-state index contributed by atoms with van der Waals surface area (Å²) < 4.78 is 18.0. The Balaban J connectivity index is 2.02. The van der Waals surface area contributed by atoms with Crippen LogP contribution in [0.15, 0.2) is 42.5 Å². The van der Waals surface area contributed by atoms with Crippen LogP contribution in [0.3, 0.4) is 0 Å². The minimum Gasteiger partial charge on any atom is -0.493 e. The fourth-order valence-electron chi connectivity index (χ4n) is 3.41. The number of nitrogens with zero attached hydrogens (tertiary/aromatic N) is 3. The summed E-state index contributed by atoms with van der Waals surface area (Å²) in [7, 11) is 3.12. The van der Waals surface area contributed by atoms with Gasteiger partial charge in [-0.15, -0.1) is 0 Å². The van der Waals surface area contributed by atoms with Crippen molar-refractivity contribution in [3.63, 3.8) is 0 Å². The zero-order chi connectivity index (χ0) is 22.1. The van der Waals surface area contributed by atoms with Crippen molar-refractivity contribution in [2.75, 3.05) is 20.0 Å². The Kier molecular flexibility index (Phi) is 5.37. The lowest BCUT2D eigenvalue weighted by molar-refractivity contribution is 0.0338. The van der Waals surface area contributed by atoms with Crippen LogP contribution in [0.25, 0.3) is 27.9 Å². The van der Waals surface area contributed by atoms with E-state index in [0.29, 0.717) is 45.8 Å². The Bertz CT molecular complexity index is 1280. The molecule has 2 aromatic heterocycles. The number of ether oxygens (including phenoxy) is 3. The number of nitrogens with two attached hydrogens (primary N) is 1. The van der Waals surface area contributed by atoms with E-state index in [1.54, 1.807) is 30.9 Å². The Morgan fingerprint density at radius 2 is 1.74 bits per heavy atom. The molecular formula is C23H24N4O4. The van der Waals surface area contributed by atoms with Gasteiger partial charge in [0.2, 0.25) is 0 Å². The largest absolute Gasteiger partial charge is 0.493 e. The van der Waals surface area contributed by atoms with E-state index in [1.165, 1.54) is 0 Å². The minimum absolute atomic E-state index is 0.198. The van der Waals surface area contributed by atoms with Crippen molar-refractivity contribution in [3.05, 3.63) is 48.0 Å². The van der Waals surface area contributed by atoms with E-state index >= 15 is 0 Å². The van der Waals surface area contributed by atoms with Gasteiger partial charge in [0.25, 0.3) is 0 Å². The monoisotopic (exact) mass is 420 g/mol. The van der Waals surface area contributed by atoms with E-state index in [2.05, 4.69) is 0 Å². The van der Waals surface area contributed by atoms with Crippen LogP contribution >= 0.6 is 0 Å². The predicted molar refractivity (Wildman–Crippen MR) is 119 cm³/mol. The predicted octanol–water partition coefficient (Wildman–Crippen LogP) is 4.13. The standard InChI is InChI=1S/C23H24N4O4/c1-5-13(2)31-23(28)19-20-22(26-16-9-7-6-8-15(16)25-20)27(21(19)24)14-10-11-17(29-3)18(12-14)30-4/h6-13H,5,24H2,1-4H3/t13-/m1/s1. The van der Waals surface area contributed by atoms with E-state index in [1.807, 2.05) is 44.2 Å². The van der Waals surface area contributed by atoms with Crippen LogP contribution in [-0.4, -0.2) is 40.8 Å². The number of methoxy groups -OCH3 is 2. The Labute approximate surface area is 179 Å². The fourth-order valence-corrected chi connectivity index (χ4v) is 3.41.